The number of dihydropyridines is 1. The third kappa shape index (κ3) is 1.39. The first-order valence-electron chi connectivity index (χ1n) is 4.75. The van der Waals surface area contributed by atoms with Crippen LogP contribution < -0.4 is 16.8 Å². The molecule has 0 aromatic heterocycles. The average Bonchev–Trinajstić information content (AvgIpc) is 2.58. The van der Waals surface area contributed by atoms with Crippen LogP contribution in [0.4, 0.5) is 0 Å². The van der Waals surface area contributed by atoms with Crippen molar-refractivity contribution in [3.8, 4) is 0 Å². The highest BCUT2D eigenvalue weighted by molar-refractivity contribution is 5.25. The number of aliphatic hydroxyl groups excluding tert-OH is 1. The maximum atomic E-state index is 9.43. The molecular formula is C9H16N4O. The number of nitrogens with two attached hydrogens (primary N) is 2. The van der Waals surface area contributed by atoms with Gasteiger partial charge in [-0.25, -0.2) is 0 Å². The van der Waals surface area contributed by atoms with E-state index in [1.807, 2.05) is 11.0 Å². The van der Waals surface area contributed by atoms with Gasteiger partial charge >= 0.3 is 0 Å². The van der Waals surface area contributed by atoms with Crippen molar-refractivity contribution in [2.45, 2.75) is 18.3 Å². The Kier molecular flexibility index (Phi) is 2.22. The molecule has 2 aliphatic heterocycles. The Morgan fingerprint density at radius 3 is 3.00 bits per heavy atom. The molecule has 1 fully saturated rings. The van der Waals surface area contributed by atoms with Gasteiger partial charge in [-0.05, 0) is 24.8 Å². The molecule has 2 heterocycles. The van der Waals surface area contributed by atoms with Crippen LogP contribution in [0.25, 0.3) is 0 Å². The Bertz CT molecular complexity index is 289. The number of likely N-dealkylation sites (tertiary alicyclic amines) is 1. The SMILES string of the molecule is NC1=CC=CNC1(N)N1CCC(O)C1. The normalized spacial score (nSPS) is 38.1. The largest absolute Gasteiger partial charge is 0.398 e. The topological polar surface area (TPSA) is 87.5 Å². The molecule has 2 aliphatic rings. The van der Waals surface area contributed by atoms with Crippen LogP contribution in [0.2, 0.25) is 0 Å². The fourth-order valence-electron chi connectivity index (χ4n) is 1.87. The van der Waals surface area contributed by atoms with Crippen LogP contribution in [0.15, 0.2) is 24.0 Å². The number of hydrogen-bond acceptors (Lipinski definition) is 5. The van der Waals surface area contributed by atoms with Gasteiger partial charge in [0.2, 0.25) is 0 Å². The Morgan fingerprint density at radius 1 is 1.64 bits per heavy atom. The van der Waals surface area contributed by atoms with Crippen molar-refractivity contribution in [2.24, 2.45) is 11.5 Å². The van der Waals surface area contributed by atoms with Gasteiger partial charge < -0.3 is 16.2 Å². The summed E-state index contributed by atoms with van der Waals surface area (Å²) >= 11 is 0. The molecule has 2 unspecified atom stereocenters. The first-order chi connectivity index (χ1) is 6.63. The quantitative estimate of drug-likeness (QED) is 0.415. The Labute approximate surface area is 83.1 Å². The standard InChI is InChI=1S/C9H16N4O/c10-8-2-1-4-12-9(8,11)13-5-3-7(14)6-13/h1-2,4,7,12,14H,3,5-6,10-11H2. The van der Waals surface area contributed by atoms with E-state index in [0.29, 0.717) is 12.2 Å². The molecule has 0 aromatic carbocycles. The van der Waals surface area contributed by atoms with E-state index in [4.69, 9.17) is 11.5 Å². The summed E-state index contributed by atoms with van der Waals surface area (Å²) in [4.78, 5) is 1.95. The lowest BCUT2D eigenvalue weighted by atomic mass is 10.1. The molecule has 0 spiro atoms. The maximum absolute atomic E-state index is 9.43. The van der Waals surface area contributed by atoms with Crippen LogP contribution in [-0.4, -0.2) is 35.0 Å². The van der Waals surface area contributed by atoms with Crippen molar-refractivity contribution in [3.05, 3.63) is 24.0 Å². The molecule has 2 atom stereocenters. The summed E-state index contributed by atoms with van der Waals surface area (Å²) in [7, 11) is 0. The van der Waals surface area contributed by atoms with Gasteiger partial charge in [0, 0.05) is 13.1 Å². The van der Waals surface area contributed by atoms with Crippen molar-refractivity contribution in [3.63, 3.8) is 0 Å². The lowest BCUT2D eigenvalue weighted by molar-refractivity contribution is 0.104. The van der Waals surface area contributed by atoms with Gasteiger partial charge in [-0.15, -0.1) is 0 Å². The third-order valence-electron chi connectivity index (χ3n) is 2.78. The zero-order valence-electron chi connectivity index (χ0n) is 7.98. The summed E-state index contributed by atoms with van der Waals surface area (Å²) in [5.41, 5.74) is 12.5. The molecule has 6 N–H and O–H groups in total. The second-order valence-electron chi connectivity index (χ2n) is 3.78. The predicted octanol–water partition coefficient (Wildman–Crippen LogP) is -1.37. The minimum absolute atomic E-state index is 0.295. The highest BCUT2D eigenvalue weighted by Gasteiger charge is 2.39. The monoisotopic (exact) mass is 196 g/mol. The minimum Gasteiger partial charge on any atom is -0.398 e. The van der Waals surface area contributed by atoms with E-state index < -0.39 is 5.79 Å². The molecule has 78 valence electrons. The second-order valence-corrected chi connectivity index (χ2v) is 3.78. The lowest BCUT2D eigenvalue weighted by Gasteiger charge is -2.40. The summed E-state index contributed by atoms with van der Waals surface area (Å²) < 4.78 is 0. The van der Waals surface area contributed by atoms with Crippen LogP contribution in [0.3, 0.4) is 0 Å². The third-order valence-corrected chi connectivity index (χ3v) is 2.78. The number of nitrogens with one attached hydrogen (secondary N) is 1. The predicted molar refractivity (Wildman–Crippen MR) is 53.7 cm³/mol. The van der Waals surface area contributed by atoms with E-state index in [0.717, 1.165) is 13.0 Å². The molecule has 1 saturated heterocycles. The highest BCUT2D eigenvalue weighted by Crippen LogP contribution is 2.21. The Morgan fingerprint density at radius 2 is 2.43 bits per heavy atom. The molecule has 5 heteroatoms. The number of aliphatic hydroxyl groups is 1. The van der Waals surface area contributed by atoms with E-state index in [1.54, 1.807) is 12.3 Å². The maximum Gasteiger partial charge on any atom is 0.185 e. The molecule has 14 heavy (non-hydrogen) atoms. The summed E-state index contributed by atoms with van der Waals surface area (Å²) in [5.74, 6) is -0.827. The molecule has 2 rings (SSSR count). The fourth-order valence-corrected chi connectivity index (χ4v) is 1.87. The summed E-state index contributed by atoms with van der Waals surface area (Å²) in [6.45, 7) is 1.32. The van der Waals surface area contributed by atoms with E-state index in [2.05, 4.69) is 5.32 Å². The Balaban J connectivity index is 2.16. The summed E-state index contributed by atoms with van der Waals surface area (Å²) in [5, 5.41) is 12.5. The van der Waals surface area contributed by atoms with Crippen LogP contribution in [0, 0.1) is 0 Å². The summed E-state index contributed by atoms with van der Waals surface area (Å²) in [6, 6.07) is 0. The van der Waals surface area contributed by atoms with Crippen molar-refractivity contribution in [1.29, 1.82) is 0 Å². The molecule has 0 bridgehead atoms. The first kappa shape index (κ1) is 9.51. The molecule has 5 nitrogen and oxygen atoms in total. The highest BCUT2D eigenvalue weighted by atomic mass is 16.3. The van der Waals surface area contributed by atoms with Crippen LogP contribution in [0.1, 0.15) is 6.42 Å². The molecule has 0 amide bonds. The number of rotatable bonds is 1. The lowest BCUT2D eigenvalue weighted by Crippen LogP contribution is -2.66. The van der Waals surface area contributed by atoms with Gasteiger partial charge in [-0.1, -0.05) is 0 Å². The van der Waals surface area contributed by atoms with Crippen molar-refractivity contribution in [1.82, 2.24) is 10.2 Å². The van der Waals surface area contributed by atoms with E-state index in [9.17, 15) is 5.11 Å². The first-order valence-corrected chi connectivity index (χ1v) is 4.75. The van der Waals surface area contributed by atoms with Gasteiger partial charge in [-0.3, -0.25) is 10.6 Å². The smallest absolute Gasteiger partial charge is 0.185 e. The second kappa shape index (κ2) is 3.27. The van der Waals surface area contributed by atoms with Gasteiger partial charge in [0.1, 0.15) is 0 Å². The van der Waals surface area contributed by atoms with Crippen LogP contribution in [-0.2, 0) is 0 Å². The number of hydrogen-bond donors (Lipinski definition) is 4. The fraction of sp³-hybridized carbons (Fsp3) is 0.556. The zero-order valence-corrected chi connectivity index (χ0v) is 7.98. The summed E-state index contributed by atoms with van der Waals surface area (Å²) in [6.07, 6.45) is 5.81. The van der Waals surface area contributed by atoms with Gasteiger partial charge in [-0.2, -0.15) is 0 Å². The van der Waals surface area contributed by atoms with E-state index >= 15 is 0 Å². The van der Waals surface area contributed by atoms with Gasteiger partial charge in [0.25, 0.3) is 0 Å². The van der Waals surface area contributed by atoms with Crippen LogP contribution in [0.5, 0.6) is 0 Å². The molecule has 0 saturated carbocycles. The molecule has 0 aliphatic carbocycles. The Hall–Kier alpha value is -1.04. The zero-order chi connectivity index (χ0) is 10.2. The number of β-amino-alcohol motifs (C(OH)–C–C–N with tert-alkyl or cyclic N) is 1. The number of nitrogens with zero attached hydrogens (tertiary/aromatic N) is 1. The molecular weight excluding hydrogens is 180 g/mol. The molecule has 0 aromatic rings. The van der Waals surface area contributed by atoms with Gasteiger partial charge in [0.05, 0.1) is 11.8 Å². The van der Waals surface area contributed by atoms with E-state index in [1.165, 1.54) is 0 Å². The van der Waals surface area contributed by atoms with Crippen LogP contribution >= 0.6 is 0 Å². The average molecular weight is 196 g/mol. The van der Waals surface area contributed by atoms with Crippen molar-refractivity contribution >= 4 is 0 Å². The van der Waals surface area contributed by atoms with Gasteiger partial charge in [0.15, 0.2) is 5.79 Å². The van der Waals surface area contributed by atoms with E-state index in [-0.39, 0.29) is 6.10 Å². The molecule has 0 radical (unpaired) electrons. The number of allylic oxidation sites excluding steroid dienone is 2. The minimum atomic E-state index is -0.827. The van der Waals surface area contributed by atoms with Crippen molar-refractivity contribution < 1.29 is 5.11 Å². The van der Waals surface area contributed by atoms with Crippen molar-refractivity contribution in [2.75, 3.05) is 13.1 Å².